The first-order valence-electron chi connectivity index (χ1n) is 16.4. The summed E-state index contributed by atoms with van der Waals surface area (Å²) in [7, 11) is 3.11. The van der Waals surface area contributed by atoms with E-state index in [1.807, 2.05) is 42.5 Å². The summed E-state index contributed by atoms with van der Waals surface area (Å²) in [5.74, 6) is 0.371. The molecule has 3 saturated heterocycles. The number of piperidine rings is 3. The lowest BCUT2D eigenvalue weighted by Gasteiger charge is -2.44. The molecule has 50 heavy (non-hydrogen) atoms. The van der Waals surface area contributed by atoms with Gasteiger partial charge < -0.3 is 29.7 Å². The van der Waals surface area contributed by atoms with Crippen LogP contribution in [0.1, 0.15) is 56.1 Å². The molecule has 1 unspecified atom stereocenters. The number of pyridine rings is 1. The van der Waals surface area contributed by atoms with E-state index < -0.39 is 18.0 Å². The summed E-state index contributed by atoms with van der Waals surface area (Å²) in [4.78, 5) is 33.7. The molecule has 7 rings (SSSR count). The smallest absolute Gasteiger partial charge is 0.348 e. The van der Waals surface area contributed by atoms with Gasteiger partial charge in [-0.2, -0.15) is 0 Å². The van der Waals surface area contributed by atoms with Crippen LogP contribution in [0.15, 0.2) is 73.1 Å². The topological polar surface area (TPSA) is 130 Å². The molecule has 3 fully saturated rings. The third-order valence-electron chi connectivity index (χ3n) is 9.28. The van der Waals surface area contributed by atoms with Crippen molar-refractivity contribution in [3.63, 3.8) is 0 Å². The Bertz CT molecular complexity index is 1730. The molecule has 3 atom stereocenters. The van der Waals surface area contributed by atoms with Crippen molar-refractivity contribution in [1.29, 1.82) is 0 Å². The quantitative estimate of drug-likeness (QED) is 0.147. The number of nitrogens with zero attached hydrogens (tertiary/aromatic N) is 1. The third-order valence-corrected chi connectivity index (χ3v) is 11.0. The van der Waals surface area contributed by atoms with Crippen LogP contribution in [-0.4, -0.2) is 68.8 Å². The maximum absolute atomic E-state index is 13.6. The zero-order chi connectivity index (χ0) is 34.3. The molecule has 5 heterocycles. The minimum Gasteiger partial charge on any atom is -0.870 e. The lowest BCUT2D eigenvalue weighted by atomic mass is 9.85. The molecular weight excluding hydrogens is 701 g/mol. The number of aromatic amines is 1. The van der Waals surface area contributed by atoms with Gasteiger partial charge >= 0.3 is 11.9 Å². The molecule has 10 nitrogen and oxygen atoms in total. The number of rotatable bonds is 14. The Morgan fingerprint density at radius 1 is 0.960 bits per heavy atom. The maximum atomic E-state index is 13.6. The van der Waals surface area contributed by atoms with Crippen molar-refractivity contribution in [2.75, 3.05) is 40.4 Å². The van der Waals surface area contributed by atoms with Crippen LogP contribution in [0, 0.1) is 5.92 Å². The highest BCUT2D eigenvalue weighted by atomic mass is 35.5. The lowest BCUT2D eigenvalue weighted by molar-refractivity contribution is -0.377. The molecule has 266 valence electrons. The highest BCUT2D eigenvalue weighted by Gasteiger charge is 2.38. The number of thiophene rings is 1. The van der Waals surface area contributed by atoms with Crippen molar-refractivity contribution in [2.24, 2.45) is 5.92 Å². The van der Waals surface area contributed by atoms with Crippen LogP contribution in [0.25, 0.3) is 0 Å². The fourth-order valence-corrected chi connectivity index (χ4v) is 7.94. The molecular formula is C37H41Cl2N3O7S. The Labute approximate surface area is 305 Å². The lowest BCUT2D eigenvalue weighted by Crippen LogP contribution is -2.52. The van der Waals surface area contributed by atoms with Gasteiger partial charge in [-0.05, 0) is 67.2 Å². The third kappa shape index (κ3) is 8.95. The van der Waals surface area contributed by atoms with E-state index in [9.17, 15) is 9.59 Å². The van der Waals surface area contributed by atoms with Gasteiger partial charge in [0.25, 0.3) is 0 Å². The summed E-state index contributed by atoms with van der Waals surface area (Å²) < 4.78 is 23.1. The minimum atomic E-state index is -0.720. The van der Waals surface area contributed by atoms with Gasteiger partial charge in [-0.15, -0.1) is 11.3 Å². The molecule has 0 radical (unpaired) electrons. The van der Waals surface area contributed by atoms with E-state index in [-0.39, 0.29) is 24.0 Å². The van der Waals surface area contributed by atoms with Gasteiger partial charge in [0, 0.05) is 36.5 Å². The SMILES string of the molecule is COc1ccc([C@H](Cc2c(Cl)c[nH+]cc2Cl)OC(=O)c2ccc(CNCC(C(=O)O[C@H]3CN4CCC3CC4)c3ccccc3)s2)cc1OC.[OH-]. The van der Waals surface area contributed by atoms with Crippen LogP contribution in [0.2, 0.25) is 10.0 Å². The van der Waals surface area contributed by atoms with Gasteiger partial charge in [0.1, 0.15) is 27.1 Å². The van der Waals surface area contributed by atoms with Crippen molar-refractivity contribution in [3.05, 3.63) is 110 Å². The van der Waals surface area contributed by atoms with E-state index >= 15 is 0 Å². The second kappa shape index (κ2) is 17.5. The zero-order valence-corrected chi connectivity index (χ0v) is 30.2. The van der Waals surface area contributed by atoms with E-state index in [0.29, 0.717) is 56.6 Å². The number of carbonyl (C=O) groups is 2. The summed E-state index contributed by atoms with van der Waals surface area (Å²) in [5.41, 5.74) is 2.25. The zero-order valence-electron chi connectivity index (χ0n) is 27.9. The van der Waals surface area contributed by atoms with E-state index in [1.54, 1.807) is 44.8 Å². The summed E-state index contributed by atoms with van der Waals surface area (Å²) in [6.45, 7) is 3.86. The molecule has 3 aliphatic heterocycles. The first-order chi connectivity index (χ1) is 23.8. The molecule has 2 aromatic heterocycles. The molecule has 3 aliphatic rings. The van der Waals surface area contributed by atoms with Gasteiger partial charge in [0.05, 0.1) is 20.1 Å². The van der Waals surface area contributed by atoms with Crippen LogP contribution < -0.4 is 19.8 Å². The molecule has 0 aliphatic carbocycles. The minimum absolute atomic E-state index is 0. The number of aromatic nitrogens is 1. The average Bonchev–Trinajstić information content (AvgIpc) is 3.61. The fourth-order valence-electron chi connectivity index (χ4n) is 6.55. The van der Waals surface area contributed by atoms with Crippen LogP contribution >= 0.6 is 34.5 Å². The number of H-pyrrole nitrogens is 1. The van der Waals surface area contributed by atoms with Crippen molar-refractivity contribution in [1.82, 2.24) is 10.2 Å². The fraction of sp³-hybridized carbons (Fsp3) is 0.378. The molecule has 13 heteroatoms. The summed E-state index contributed by atoms with van der Waals surface area (Å²) in [5, 5.41) is 4.29. The summed E-state index contributed by atoms with van der Waals surface area (Å²) >= 11 is 14.3. The van der Waals surface area contributed by atoms with Crippen LogP contribution in [0.4, 0.5) is 0 Å². The Hall–Kier alpha value is -3.71. The Kier molecular flexibility index (Phi) is 13.1. The van der Waals surface area contributed by atoms with Crippen molar-refractivity contribution in [3.8, 4) is 11.5 Å². The van der Waals surface area contributed by atoms with E-state index in [1.165, 1.54) is 11.3 Å². The average molecular weight is 743 g/mol. The number of halogens is 2. The first kappa shape index (κ1) is 37.5. The largest absolute Gasteiger partial charge is 0.870 e. The molecule has 3 N–H and O–H groups in total. The number of nitrogens with one attached hydrogen (secondary N) is 2. The second-order valence-electron chi connectivity index (χ2n) is 12.3. The number of ether oxygens (including phenoxy) is 4. The number of esters is 2. The second-order valence-corrected chi connectivity index (χ2v) is 14.3. The highest BCUT2D eigenvalue weighted by molar-refractivity contribution is 7.13. The Morgan fingerprint density at radius 3 is 2.34 bits per heavy atom. The number of hydrogen-bond acceptors (Lipinski definition) is 10. The normalized spacial score (nSPS) is 19.2. The Morgan fingerprint density at radius 2 is 1.68 bits per heavy atom. The molecule has 0 spiro atoms. The predicted molar refractivity (Wildman–Crippen MR) is 191 cm³/mol. The number of benzene rings is 2. The highest BCUT2D eigenvalue weighted by Crippen LogP contribution is 2.36. The number of methoxy groups -OCH3 is 2. The molecule has 0 saturated carbocycles. The molecule has 2 aromatic carbocycles. The predicted octanol–water partition coefficient (Wildman–Crippen LogP) is 6.36. The van der Waals surface area contributed by atoms with Gasteiger partial charge in [-0.3, -0.25) is 9.69 Å². The van der Waals surface area contributed by atoms with E-state index in [0.717, 1.165) is 42.9 Å². The Balaban J connectivity index is 0.00000486. The van der Waals surface area contributed by atoms with Crippen molar-refractivity contribution < 1.29 is 39.0 Å². The molecule has 0 amide bonds. The number of fused-ring (bicyclic) bond motifs is 3. The summed E-state index contributed by atoms with van der Waals surface area (Å²) in [6.07, 6.45) is 4.89. The van der Waals surface area contributed by atoms with E-state index in [2.05, 4.69) is 15.2 Å². The van der Waals surface area contributed by atoms with Crippen LogP contribution in [0.5, 0.6) is 11.5 Å². The number of carbonyl (C=O) groups excluding carboxylic acids is 2. The monoisotopic (exact) mass is 741 g/mol. The van der Waals surface area contributed by atoms with Crippen molar-refractivity contribution in [2.45, 2.75) is 43.9 Å². The van der Waals surface area contributed by atoms with Gasteiger partial charge in [0.15, 0.2) is 23.9 Å². The van der Waals surface area contributed by atoms with Gasteiger partial charge in [-0.1, -0.05) is 59.6 Å². The van der Waals surface area contributed by atoms with Gasteiger partial charge in [-0.25, -0.2) is 9.78 Å². The molecule has 4 aromatic rings. The van der Waals surface area contributed by atoms with Gasteiger partial charge in [0.2, 0.25) is 0 Å². The van der Waals surface area contributed by atoms with Crippen LogP contribution in [0.3, 0.4) is 0 Å². The number of hydrogen-bond donors (Lipinski definition) is 1. The van der Waals surface area contributed by atoms with Crippen LogP contribution in [-0.2, 0) is 27.2 Å². The maximum Gasteiger partial charge on any atom is 0.348 e. The molecule has 2 bridgehead atoms. The van der Waals surface area contributed by atoms with Crippen molar-refractivity contribution >= 4 is 46.5 Å². The first-order valence-corrected chi connectivity index (χ1v) is 17.9. The van der Waals surface area contributed by atoms with E-state index in [4.69, 9.17) is 42.1 Å². The standard InChI is InChI=1S/C37H39Cl2N3O6S.H2O/c1-45-31-10-8-25(16-33(31)46-2)32(17-27-29(38)20-41-21-30(27)39)47-37(44)35-11-9-26(49-35)18-40-19-28(23-6-4-3-5-7-23)36(43)48-34-22-42-14-12-24(34)13-15-42;/h3-11,16,20-21,24,28,32,34,40H,12-15,17-19,22H2,1-2H3;1H2/t28?,32-,34-;/m0./s1. The summed E-state index contributed by atoms with van der Waals surface area (Å²) in [6, 6.07) is 18.8.